The Morgan fingerprint density at radius 1 is 1.44 bits per heavy atom. The molecule has 0 saturated carbocycles. The largest absolute Gasteiger partial charge is 0.483 e. The van der Waals surface area contributed by atoms with Gasteiger partial charge in [0.05, 0.1) is 0 Å². The number of hydrogen-bond acceptors (Lipinski definition) is 5. The number of rotatable bonds is 4. The summed E-state index contributed by atoms with van der Waals surface area (Å²) in [5.41, 5.74) is 0.0991. The maximum absolute atomic E-state index is 10.9. The number of hydrogen-bond donors (Lipinski definition) is 1. The molecule has 0 aliphatic heterocycles. The summed E-state index contributed by atoms with van der Waals surface area (Å²) in [5.74, 6) is -0.477. The second kappa shape index (κ2) is 4.43. The molecule has 1 aromatic heterocycles. The number of ether oxygens (including phenoxy) is 1. The van der Waals surface area contributed by atoms with Crippen molar-refractivity contribution in [1.82, 2.24) is 10.1 Å². The predicted octanol–water partition coefficient (Wildman–Crippen LogP) is 1.35. The summed E-state index contributed by atoms with van der Waals surface area (Å²) in [7, 11) is 0. The lowest BCUT2D eigenvalue weighted by molar-refractivity contribution is 0.0691. The molecule has 0 unspecified atom stereocenters. The molecule has 0 bridgehead atoms. The number of nitrogens with zero attached hydrogens (tertiary/aromatic N) is 2. The van der Waals surface area contributed by atoms with Crippen molar-refractivity contribution in [1.29, 1.82) is 0 Å². The molecule has 1 aromatic carbocycles. The molecule has 6 heteroatoms. The van der Waals surface area contributed by atoms with Gasteiger partial charge in [0.2, 0.25) is 0 Å². The maximum atomic E-state index is 10.9. The van der Waals surface area contributed by atoms with E-state index in [1.54, 1.807) is 18.2 Å². The van der Waals surface area contributed by atoms with Crippen LogP contribution in [0, 0.1) is 0 Å². The second-order valence-corrected chi connectivity index (χ2v) is 2.92. The number of carboxylic acid groups (broad SMARTS) is 1. The quantitative estimate of drug-likeness (QED) is 0.836. The van der Waals surface area contributed by atoms with Crippen LogP contribution in [0.5, 0.6) is 5.75 Å². The molecule has 82 valence electrons. The van der Waals surface area contributed by atoms with Gasteiger partial charge in [0.25, 0.3) is 5.89 Å². The first kappa shape index (κ1) is 10.2. The highest BCUT2D eigenvalue weighted by Gasteiger charge is 2.10. The van der Waals surface area contributed by atoms with E-state index < -0.39 is 5.97 Å². The fraction of sp³-hybridized carbons (Fsp3) is 0.100. The lowest BCUT2D eigenvalue weighted by Crippen LogP contribution is -2.03. The smallest absolute Gasteiger partial charge is 0.339 e. The van der Waals surface area contributed by atoms with Gasteiger partial charge in [-0.05, 0) is 12.1 Å². The summed E-state index contributed by atoms with van der Waals surface area (Å²) >= 11 is 0. The second-order valence-electron chi connectivity index (χ2n) is 2.92. The first-order valence-electron chi connectivity index (χ1n) is 4.48. The van der Waals surface area contributed by atoms with E-state index in [4.69, 9.17) is 14.4 Å². The van der Waals surface area contributed by atoms with Crippen LogP contribution in [0.4, 0.5) is 0 Å². The molecule has 2 aromatic rings. The molecule has 0 aliphatic rings. The summed E-state index contributed by atoms with van der Waals surface area (Å²) < 4.78 is 9.99. The molecule has 0 spiro atoms. The molecule has 16 heavy (non-hydrogen) atoms. The standard InChI is InChI=1S/C10H8N2O4/c13-10(14)7-3-1-2-4-8(7)15-5-9-11-6-12-16-9/h1-4,6H,5H2,(H,13,14). The van der Waals surface area contributed by atoms with Crippen LogP contribution in [0.1, 0.15) is 16.2 Å². The summed E-state index contributed by atoms with van der Waals surface area (Å²) in [4.78, 5) is 14.6. The molecule has 1 N–H and O–H groups in total. The molecule has 0 aliphatic carbocycles. The van der Waals surface area contributed by atoms with Crippen molar-refractivity contribution in [3.63, 3.8) is 0 Å². The number of carbonyl (C=O) groups is 1. The van der Waals surface area contributed by atoms with Crippen LogP contribution in [-0.4, -0.2) is 21.2 Å². The Morgan fingerprint density at radius 3 is 2.94 bits per heavy atom. The van der Waals surface area contributed by atoms with E-state index >= 15 is 0 Å². The number of aromatic carboxylic acids is 1. The van der Waals surface area contributed by atoms with Gasteiger partial charge in [-0.1, -0.05) is 17.3 Å². The Hall–Kier alpha value is -2.37. The van der Waals surface area contributed by atoms with Crippen molar-refractivity contribution in [3.05, 3.63) is 42.0 Å². The Bertz CT molecular complexity index is 481. The fourth-order valence-corrected chi connectivity index (χ4v) is 1.17. The highest BCUT2D eigenvalue weighted by atomic mass is 16.5. The lowest BCUT2D eigenvalue weighted by Gasteiger charge is -2.05. The third-order valence-corrected chi connectivity index (χ3v) is 1.88. The van der Waals surface area contributed by atoms with Gasteiger partial charge in [-0.25, -0.2) is 4.79 Å². The van der Waals surface area contributed by atoms with Gasteiger partial charge < -0.3 is 14.4 Å². The van der Waals surface area contributed by atoms with E-state index in [1.807, 2.05) is 0 Å². The molecule has 0 fully saturated rings. The zero-order chi connectivity index (χ0) is 11.4. The van der Waals surface area contributed by atoms with Crippen LogP contribution in [0.2, 0.25) is 0 Å². The van der Waals surface area contributed by atoms with Crippen LogP contribution in [0.15, 0.2) is 35.1 Å². The SMILES string of the molecule is O=C(O)c1ccccc1OCc1ncno1. The minimum atomic E-state index is -1.04. The highest BCUT2D eigenvalue weighted by Crippen LogP contribution is 2.18. The van der Waals surface area contributed by atoms with Crippen molar-refractivity contribution < 1.29 is 19.2 Å². The monoisotopic (exact) mass is 220 g/mol. The van der Waals surface area contributed by atoms with E-state index in [2.05, 4.69) is 10.1 Å². The topological polar surface area (TPSA) is 85.5 Å². The van der Waals surface area contributed by atoms with E-state index in [1.165, 1.54) is 12.4 Å². The summed E-state index contributed by atoms with van der Waals surface area (Å²) in [5, 5.41) is 12.3. The number of benzene rings is 1. The van der Waals surface area contributed by atoms with E-state index in [9.17, 15) is 4.79 Å². The van der Waals surface area contributed by atoms with Crippen molar-refractivity contribution in [3.8, 4) is 5.75 Å². The third-order valence-electron chi connectivity index (χ3n) is 1.88. The molecule has 0 atom stereocenters. The van der Waals surface area contributed by atoms with Crippen LogP contribution >= 0.6 is 0 Å². The Labute approximate surface area is 90.5 Å². The molecule has 0 radical (unpaired) electrons. The van der Waals surface area contributed by atoms with Crippen LogP contribution in [-0.2, 0) is 6.61 Å². The molecule has 0 saturated heterocycles. The Morgan fingerprint density at radius 2 is 2.25 bits per heavy atom. The first-order chi connectivity index (χ1) is 7.77. The minimum Gasteiger partial charge on any atom is -0.483 e. The van der Waals surface area contributed by atoms with Crippen molar-refractivity contribution in [2.75, 3.05) is 0 Å². The van der Waals surface area contributed by atoms with Crippen LogP contribution in [0.3, 0.4) is 0 Å². The summed E-state index contributed by atoms with van der Waals surface area (Å²) in [6.07, 6.45) is 1.25. The molecule has 0 amide bonds. The van der Waals surface area contributed by atoms with Crippen LogP contribution in [0.25, 0.3) is 0 Å². The van der Waals surface area contributed by atoms with E-state index in [0.717, 1.165) is 0 Å². The molecular weight excluding hydrogens is 212 g/mol. The molecular formula is C10H8N2O4. The fourth-order valence-electron chi connectivity index (χ4n) is 1.17. The van der Waals surface area contributed by atoms with Gasteiger partial charge >= 0.3 is 5.97 Å². The zero-order valence-corrected chi connectivity index (χ0v) is 8.16. The van der Waals surface area contributed by atoms with Crippen molar-refractivity contribution >= 4 is 5.97 Å². The number of para-hydroxylation sites is 1. The van der Waals surface area contributed by atoms with Crippen molar-refractivity contribution in [2.45, 2.75) is 6.61 Å². The van der Waals surface area contributed by atoms with Gasteiger partial charge in [0.15, 0.2) is 12.9 Å². The molecule has 6 nitrogen and oxygen atoms in total. The average molecular weight is 220 g/mol. The third kappa shape index (κ3) is 2.17. The van der Waals surface area contributed by atoms with Gasteiger partial charge in [-0.15, -0.1) is 0 Å². The highest BCUT2D eigenvalue weighted by molar-refractivity contribution is 5.90. The molecule has 1 heterocycles. The molecule has 2 rings (SSSR count). The van der Waals surface area contributed by atoms with Gasteiger partial charge in [-0.3, -0.25) is 0 Å². The normalized spacial score (nSPS) is 10.0. The predicted molar refractivity (Wildman–Crippen MR) is 52.0 cm³/mol. The zero-order valence-electron chi connectivity index (χ0n) is 8.16. The van der Waals surface area contributed by atoms with Gasteiger partial charge in [0, 0.05) is 0 Å². The van der Waals surface area contributed by atoms with E-state index in [0.29, 0.717) is 5.89 Å². The lowest BCUT2D eigenvalue weighted by atomic mass is 10.2. The van der Waals surface area contributed by atoms with Crippen LogP contribution < -0.4 is 4.74 Å². The first-order valence-corrected chi connectivity index (χ1v) is 4.48. The number of aromatic nitrogens is 2. The van der Waals surface area contributed by atoms with Gasteiger partial charge in [-0.2, -0.15) is 4.98 Å². The Kier molecular flexibility index (Phi) is 2.81. The van der Waals surface area contributed by atoms with Gasteiger partial charge in [0.1, 0.15) is 11.3 Å². The summed E-state index contributed by atoms with van der Waals surface area (Å²) in [6.45, 7) is 0.0459. The number of carboxylic acids is 1. The van der Waals surface area contributed by atoms with Crippen molar-refractivity contribution in [2.24, 2.45) is 0 Å². The summed E-state index contributed by atoms with van der Waals surface area (Å²) in [6, 6.07) is 6.35. The minimum absolute atomic E-state index is 0.0459. The maximum Gasteiger partial charge on any atom is 0.339 e. The average Bonchev–Trinajstić information content (AvgIpc) is 2.79. The van der Waals surface area contributed by atoms with E-state index in [-0.39, 0.29) is 17.9 Å². The Balaban J connectivity index is 2.12.